The van der Waals surface area contributed by atoms with Crippen molar-refractivity contribution in [3.05, 3.63) is 11.6 Å². The molecule has 0 nitrogen and oxygen atoms in total. The van der Waals surface area contributed by atoms with Gasteiger partial charge in [0, 0.05) is 0 Å². The zero-order valence-corrected chi connectivity index (χ0v) is 7.04. The maximum Gasteiger partial charge on any atom is 0.129 e. The molecule has 0 radical (unpaired) electrons. The third kappa shape index (κ3) is 4.09. The molecule has 0 rings (SSSR count). The molecular weight excluding hydrogens is 124 g/mol. The van der Waals surface area contributed by atoms with E-state index < -0.39 is 0 Å². The van der Waals surface area contributed by atoms with Gasteiger partial charge >= 0.3 is 0 Å². The Morgan fingerprint density at radius 2 is 2.43 bits per heavy atom. The fourth-order valence-electron chi connectivity index (χ4n) is 0.293. The third-order valence-electron chi connectivity index (χ3n) is 0.982. The molecule has 0 bridgehead atoms. The van der Waals surface area contributed by atoms with Crippen molar-refractivity contribution in [1.82, 2.24) is 0 Å². The summed E-state index contributed by atoms with van der Waals surface area (Å²) in [6, 6.07) is 1.16. The molecule has 0 aliphatic rings. The quantitative estimate of drug-likeness (QED) is 0.307. The van der Waals surface area contributed by atoms with Crippen molar-refractivity contribution in [3.8, 4) is 0 Å². The minimum absolute atomic E-state index is 0.241. The molecule has 7 heavy (non-hydrogen) atoms. The lowest BCUT2D eigenvalue weighted by Gasteiger charge is -1.88. The van der Waals surface area contributed by atoms with Crippen LogP contribution >= 0.6 is 11.1 Å². The Balaban J connectivity index is 3.17. The molecule has 0 aromatic carbocycles. The molecule has 0 unspecified atom stereocenters. The van der Waals surface area contributed by atoms with Gasteiger partial charge in [0.1, 0.15) is 8.83 Å². The largest absolute Gasteiger partial charge is 0.176 e. The highest BCUT2D eigenvalue weighted by Crippen LogP contribution is 1.98. The average Bonchev–Trinajstić information content (AvgIpc) is 1.68. The van der Waals surface area contributed by atoms with Crippen molar-refractivity contribution in [2.45, 2.75) is 19.9 Å². The number of halogens is 1. The lowest BCUT2D eigenvalue weighted by atomic mass is 10.3. The van der Waals surface area contributed by atoms with Gasteiger partial charge in [-0.05, 0) is 19.9 Å². The van der Waals surface area contributed by atoms with E-state index in [2.05, 4.69) is 19.9 Å². The lowest BCUT2D eigenvalue weighted by molar-refractivity contribution is 1.35. The van der Waals surface area contributed by atoms with Gasteiger partial charge in [0.15, 0.2) is 0 Å². The molecule has 0 saturated carbocycles. The maximum absolute atomic E-state index is 5.57. The van der Waals surface area contributed by atoms with Crippen molar-refractivity contribution in [3.63, 3.8) is 0 Å². The Kier molecular flexibility index (Phi) is 4.56. The van der Waals surface area contributed by atoms with Gasteiger partial charge in [-0.1, -0.05) is 11.6 Å². The monoisotopic (exact) mass is 134 g/mol. The average molecular weight is 135 g/mol. The first-order chi connectivity index (χ1) is 3.31. The first-order valence-electron chi connectivity index (χ1n) is 2.49. The summed E-state index contributed by atoms with van der Waals surface area (Å²) in [5.74, 6) is 0. The summed E-state index contributed by atoms with van der Waals surface area (Å²) in [7, 11) is -0.241. The van der Waals surface area contributed by atoms with E-state index in [1.165, 1.54) is 5.57 Å². The van der Waals surface area contributed by atoms with E-state index in [9.17, 15) is 0 Å². The van der Waals surface area contributed by atoms with Crippen molar-refractivity contribution < 1.29 is 0 Å². The molecule has 0 atom stereocenters. The number of rotatable bonds is 2. The van der Waals surface area contributed by atoms with Crippen LogP contribution in [0.15, 0.2) is 11.6 Å². The maximum atomic E-state index is 5.57. The van der Waals surface area contributed by atoms with Gasteiger partial charge in [0.25, 0.3) is 0 Å². The fraction of sp³-hybridized carbons (Fsp3) is 0.600. The smallest absolute Gasteiger partial charge is 0.129 e. The van der Waals surface area contributed by atoms with Crippen LogP contribution < -0.4 is 0 Å². The Bertz CT molecular complexity index is 68.5. The van der Waals surface area contributed by atoms with Crippen molar-refractivity contribution >= 4 is 19.9 Å². The van der Waals surface area contributed by atoms with Crippen LogP contribution in [0.1, 0.15) is 13.8 Å². The Hall–Kier alpha value is 0.247. The molecule has 0 heterocycles. The molecule has 0 aliphatic heterocycles. The van der Waals surface area contributed by atoms with Gasteiger partial charge in [-0.15, -0.1) is 0 Å². The standard InChI is InChI=1S/C5H11ClSi/c1-3-5(2)4-7-6/h3H,4,7H2,1-2H3/b5-3+. The van der Waals surface area contributed by atoms with E-state index in [4.69, 9.17) is 11.1 Å². The first-order valence-corrected chi connectivity index (χ1v) is 5.62. The summed E-state index contributed by atoms with van der Waals surface area (Å²) in [5, 5.41) is 0. The van der Waals surface area contributed by atoms with Crippen LogP contribution in [0.4, 0.5) is 0 Å². The van der Waals surface area contributed by atoms with Crippen molar-refractivity contribution in [2.24, 2.45) is 0 Å². The van der Waals surface area contributed by atoms with Gasteiger partial charge < -0.3 is 0 Å². The minimum Gasteiger partial charge on any atom is -0.176 e. The van der Waals surface area contributed by atoms with E-state index in [1.807, 2.05) is 0 Å². The summed E-state index contributed by atoms with van der Waals surface area (Å²) < 4.78 is 0. The summed E-state index contributed by atoms with van der Waals surface area (Å²) in [5.41, 5.74) is 1.43. The van der Waals surface area contributed by atoms with Crippen LogP contribution in [0, 0.1) is 0 Å². The van der Waals surface area contributed by atoms with Crippen LogP contribution in [0.5, 0.6) is 0 Å². The molecule has 0 spiro atoms. The van der Waals surface area contributed by atoms with E-state index >= 15 is 0 Å². The van der Waals surface area contributed by atoms with E-state index in [0.29, 0.717) is 0 Å². The first kappa shape index (κ1) is 7.25. The molecule has 0 aromatic heterocycles. The second-order valence-electron chi connectivity index (χ2n) is 1.57. The van der Waals surface area contributed by atoms with E-state index in [-0.39, 0.29) is 8.83 Å². The second kappa shape index (κ2) is 4.41. The predicted octanol–water partition coefficient (Wildman–Crippen LogP) is 1.69. The summed E-state index contributed by atoms with van der Waals surface area (Å²) in [6.07, 6.45) is 2.12. The van der Waals surface area contributed by atoms with Crippen LogP contribution in [0.25, 0.3) is 0 Å². The molecule has 42 valence electrons. The summed E-state index contributed by atoms with van der Waals surface area (Å²) in [6.45, 7) is 4.17. The second-order valence-corrected chi connectivity index (χ2v) is 3.59. The van der Waals surface area contributed by atoms with Gasteiger partial charge in [0.05, 0.1) is 0 Å². The fourth-order valence-corrected chi connectivity index (χ4v) is 1.77. The summed E-state index contributed by atoms with van der Waals surface area (Å²) >= 11 is 5.57. The molecule has 0 fully saturated rings. The topological polar surface area (TPSA) is 0 Å². The molecule has 0 aromatic rings. The Labute approximate surface area is 52.1 Å². The highest BCUT2D eigenvalue weighted by atomic mass is 35.6. The van der Waals surface area contributed by atoms with Crippen LogP contribution in [0.2, 0.25) is 6.04 Å². The van der Waals surface area contributed by atoms with E-state index in [1.54, 1.807) is 0 Å². The van der Waals surface area contributed by atoms with Crippen LogP contribution in [-0.4, -0.2) is 8.83 Å². The highest BCUT2D eigenvalue weighted by molar-refractivity contribution is 6.93. The van der Waals surface area contributed by atoms with Crippen molar-refractivity contribution in [1.29, 1.82) is 0 Å². The molecular formula is C5H11ClSi. The third-order valence-corrected chi connectivity index (χ3v) is 2.53. The van der Waals surface area contributed by atoms with Gasteiger partial charge in [-0.3, -0.25) is 0 Å². The number of hydrogen-bond acceptors (Lipinski definition) is 0. The Morgan fingerprint density at radius 3 is 2.57 bits per heavy atom. The lowest BCUT2D eigenvalue weighted by Crippen LogP contribution is -1.77. The molecule has 0 aliphatic carbocycles. The zero-order chi connectivity index (χ0) is 5.70. The minimum atomic E-state index is -0.241. The van der Waals surface area contributed by atoms with Crippen molar-refractivity contribution in [2.75, 3.05) is 0 Å². The van der Waals surface area contributed by atoms with Gasteiger partial charge in [0.2, 0.25) is 0 Å². The molecule has 2 heteroatoms. The van der Waals surface area contributed by atoms with Gasteiger partial charge in [-0.25, -0.2) is 0 Å². The predicted molar refractivity (Wildman–Crippen MR) is 38.6 cm³/mol. The van der Waals surface area contributed by atoms with Crippen LogP contribution in [0.3, 0.4) is 0 Å². The summed E-state index contributed by atoms with van der Waals surface area (Å²) in [4.78, 5) is 0. The Morgan fingerprint density at radius 1 is 1.86 bits per heavy atom. The van der Waals surface area contributed by atoms with Crippen LogP contribution in [-0.2, 0) is 0 Å². The normalized spacial score (nSPS) is 13.9. The number of hydrogen-bond donors (Lipinski definition) is 0. The number of allylic oxidation sites excluding steroid dienone is 2. The molecule has 0 N–H and O–H groups in total. The van der Waals surface area contributed by atoms with Gasteiger partial charge in [-0.2, -0.15) is 11.1 Å². The highest BCUT2D eigenvalue weighted by Gasteiger charge is 1.82. The molecule has 0 amide bonds. The molecule has 0 saturated heterocycles. The zero-order valence-electron chi connectivity index (χ0n) is 4.87. The SMILES string of the molecule is C/C=C(\C)C[SiH2]Cl. The van der Waals surface area contributed by atoms with E-state index in [0.717, 1.165) is 6.04 Å².